The zero-order chi connectivity index (χ0) is 6.69. The van der Waals surface area contributed by atoms with Gasteiger partial charge >= 0.3 is 0 Å². The summed E-state index contributed by atoms with van der Waals surface area (Å²) in [6, 6.07) is 0. The lowest BCUT2D eigenvalue weighted by atomic mass is 9.85. The van der Waals surface area contributed by atoms with Crippen molar-refractivity contribution in [1.82, 2.24) is 5.32 Å². The Morgan fingerprint density at radius 2 is 2.44 bits per heavy atom. The summed E-state index contributed by atoms with van der Waals surface area (Å²) in [5, 5.41) is 2.79. The van der Waals surface area contributed by atoms with Gasteiger partial charge in [0.1, 0.15) is 0 Å². The van der Waals surface area contributed by atoms with Crippen molar-refractivity contribution in [3.63, 3.8) is 0 Å². The van der Waals surface area contributed by atoms with Crippen LogP contribution in [0.25, 0.3) is 0 Å². The van der Waals surface area contributed by atoms with Crippen molar-refractivity contribution in [2.75, 3.05) is 6.54 Å². The van der Waals surface area contributed by atoms with E-state index in [1.807, 2.05) is 6.92 Å². The van der Waals surface area contributed by atoms with Crippen LogP contribution in [0.1, 0.15) is 19.8 Å². The summed E-state index contributed by atoms with van der Waals surface area (Å²) < 4.78 is 0. The predicted molar refractivity (Wildman–Crippen MR) is 35.7 cm³/mol. The molecule has 1 aliphatic carbocycles. The van der Waals surface area contributed by atoms with E-state index in [0.717, 1.165) is 19.4 Å². The SMILES string of the molecule is CCNC(=O)C1C[CH]C1. The average Bonchev–Trinajstić information content (AvgIpc) is 1.60. The van der Waals surface area contributed by atoms with E-state index in [0.29, 0.717) is 5.92 Å². The molecule has 1 radical (unpaired) electrons. The van der Waals surface area contributed by atoms with Gasteiger partial charge in [-0.3, -0.25) is 4.79 Å². The summed E-state index contributed by atoms with van der Waals surface area (Å²) in [7, 11) is 0. The highest BCUT2D eigenvalue weighted by molar-refractivity contribution is 5.79. The zero-order valence-electron chi connectivity index (χ0n) is 5.68. The smallest absolute Gasteiger partial charge is 0.223 e. The molecular weight excluding hydrogens is 114 g/mol. The molecule has 0 atom stereocenters. The van der Waals surface area contributed by atoms with Gasteiger partial charge in [0.15, 0.2) is 0 Å². The summed E-state index contributed by atoms with van der Waals surface area (Å²) in [6.07, 6.45) is 4.09. The standard InChI is InChI=1S/C7H12NO/c1-2-8-7(9)6-4-3-5-6/h3,6H,2,4-5H2,1H3,(H,8,9). The van der Waals surface area contributed by atoms with Crippen LogP contribution in [-0.2, 0) is 4.79 Å². The summed E-state index contributed by atoms with van der Waals surface area (Å²) in [5.41, 5.74) is 0. The van der Waals surface area contributed by atoms with Crippen molar-refractivity contribution in [1.29, 1.82) is 0 Å². The Balaban J connectivity index is 2.16. The zero-order valence-corrected chi connectivity index (χ0v) is 5.68. The first-order valence-corrected chi connectivity index (χ1v) is 3.44. The first kappa shape index (κ1) is 6.59. The van der Waals surface area contributed by atoms with Crippen LogP contribution >= 0.6 is 0 Å². The molecule has 9 heavy (non-hydrogen) atoms. The Morgan fingerprint density at radius 3 is 2.78 bits per heavy atom. The van der Waals surface area contributed by atoms with Gasteiger partial charge in [-0.05, 0) is 26.2 Å². The van der Waals surface area contributed by atoms with Crippen LogP contribution < -0.4 is 5.32 Å². The van der Waals surface area contributed by atoms with E-state index in [9.17, 15) is 4.79 Å². The third-order valence-electron chi connectivity index (χ3n) is 1.62. The second-order valence-electron chi connectivity index (χ2n) is 2.35. The fourth-order valence-electron chi connectivity index (χ4n) is 0.866. The third-order valence-corrected chi connectivity index (χ3v) is 1.62. The number of hydrogen-bond acceptors (Lipinski definition) is 1. The normalized spacial score (nSPS) is 18.8. The lowest BCUT2D eigenvalue weighted by Gasteiger charge is -2.23. The van der Waals surface area contributed by atoms with Crippen LogP contribution in [-0.4, -0.2) is 12.5 Å². The first-order chi connectivity index (χ1) is 4.34. The number of carbonyl (C=O) groups is 1. The molecule has 0 saturated heterocycles. The van der Waals surface area contributed by atoms with Crippen LogP contribution in [0.5, 0.6) is 0 Å². The molecule has 1 amide bonds. The van der Waals surface area contributed by atoms with E-state index in [1.54, 1.807) is 0 Å². The predicted octanol–water partition coefficient (Wildman–Crippen LogP) is 0.737. The molecule has 51 valence electrons. The molecule has 1 aliphatic rings. The number of hydrogen-bond donors (Lipinski definition) is 1. The summed E-state index contributed by atoms with van der Waals surface area (Å²) >= 11 is 0. The molecule has 1 fully saturated rings. The van der Waals surface area contributed by atoms with Crippen LogP contribution in [0.3, 0.4) is 0 Å². The van der Waals surface area contributed by atoms with Crippen molar-refractivity contribution in [3.8, 4) is 0 Å². The highest BCUT2D eigenvalue weighted by atomic mass is 16.1. The molecule has 0 aromatic carbocycles. The van der Waals surface area contributed by atoms with E-state index >= 15 is 0 Å². The lowest BCUT2D eigenvalue weighted by molar-refractivity contribution is -0.126. The Bertz CT molecular complexity index is 107. The molecule has 0 aromatic rings. The van der Waals surface area contributed by atoms with Crippen molar-refractivity contribution >= 4 is 5.91 Å². The molecule has 2 nitrogen and oxygen atoms in total. The number of amides is 1. The van der Waals surface area contributed by atoms with Crippen LogP contribution in [0, 0.1) is 12.3 Å². The highest BCUT2D eigenvalue weighted by Crippen LogP contribution is 2.24. The molecule has 0 unspecified atom stereocenters. The van der Waals surface area contributed by atoms with E-state index in [-0.39, 0.29) is 5.91 Å². The monoisotopic (exact) mass is 126 g/mol. The van der Waals surface area contributed by atoms with Crippen LogP contribution in [0.4, 0.5) is 0 Å². The molecule has 0 aromatic heterocycles. The molecule has 2 heteroatoms. The summed E-state index contributed by atoms with van der Waals surface area (Å²) in [6.45, 7) is 2.70. The van der Waals surface area contributed by atoms with Gasteiger partial charge in [-0.15, -0.1) is 0 Å². The quantitative estimate of drug-likeness (QED) is 0.580. The van der Waals surface area contributed by atoms with Gasteiger partial charge < -0.3 is 5.32 Å². The van der Waals surface area contributed by atoms with Crippen molar-refractivity contribution < 1.29 is 4.79 Å². The Morgan fingerprint density at radius 1 is 1.78 bits per heavy atom. The van der Waals surface area contributed by atoms with Gasteiger partial charge in [-0.1, -0.05) is 0 Å². The number of rotatable bonds is 2. The maximum absolute atomic E-state index is 10.9. The van der Waals surface area contributed by atoms with Crippen LogP contribution in [0.15, 0.2) is 0 Å². The maximum atomic E-state index is 10.9. The third kappa shape index (κ3) is 1.44. The van der Waals surface area contributed by atoms with Gasteiger partial charge in [0, 0.05) is 12.5 Å². The van der Waals surface area contributed by atoms with E-state index in [2.05, 4.69) is 11.7 Å². The van der Waals surface area contributed by atoms with Crippen molar-refractivity contribution in [2.24, 2.45) is 5.92 Å². The van der Waals surface area contributed by atoms with Gasteiger partial charge in [0.25, 0.3) is 0 Å². The van der Waals surface area contributed by atoms with E-state index < -0.39 is 0 Å². The summed E-state index contributed by atoms with van der Waals surface area (Å²) in [5.74, 6) is 0.518. The lowest BCUT2D eigenvalue weighted by Crippen LogP contribution is -2.34. The fourth-order valence-corrected chi connectivity index (χ4v) is 0.866. The average molecular weight is 126 g/mol. The second kappa shape index (κ2) is 2.85. The van der Waals surface area contributed by atoms with Crippen LogP contribution in [0.2, 0.25) is 0 Å². The van der Waals surface area contributed by atoms with Gasteiger partial charge in [0.2, 0.25) is 5.91 Å². The number of carbonyl (C=O) groups excluding carboxylic acids is 1. The molecule has 0 aliphatic heterocycles. The van der Waals surface area contributed by atoms with Gasteiger partial charge in [0.05, 0.1) is 0 Å². The molecule has 0 bridgehead atoms. The highest BCUT2D eigenvalue weighted by Gasteiger charge is 2.24. The molecule has 0 heterocycles. The van der Waals surface area contributed by atoms with E-state index in [1.165, 1.54) is 0 Å². The minimum atomic E-state index is 0.222. The number of nitrogens with one attached hydrogen (secondary N) is 1. The summed E-state index contributed by atoms with van der Waals surface area (Å²) in [4.78, 5) is 10.9. The largest absolute Gasteiger partial charge is 0.356 e. The molecule has 1 N–H and O–H groups in total. The Hall–Kier alpha value is -0.530. The van der Waals surface area contributed by atoms with Crippen molar-refractivity contribution in [2.45, 2.75) is 19.8 Å². The topological polar surface area (TPSA) is 29.1 Å². The Kier molecular flexibility index (Phi) is 2.09. The minimum Gasteiger partial charge on any atom is -0.356 e. The molecule has 0 spiro atoms. The second-order valence-corrected chi connectivity index (χ2v) is 2.35. The first-order valence-electron chi connectivity index (χ1n) is 3.44. The van der Waals surface area contributed by atoms with Crippen molar-refractivity contribution in [3.05, 3.63) is 6.42 Å². The Labute approximate surface area is 55.6 Å². The molecular formula is C7H12NO. The molecule has 1 rings (SSSR count). The maximum Gasteiger partial charge on any atom is 0.223 e. The van der Waals surface area contributed by atoms with Gasteiger partial charge in [-0.2, -0.15) is 0 Å². The minimum absolute atomic E-state index is 0.222. The van der Waals surface area contributed by atoms with E-state index in [4.69, 9.17) is 0 Å². The fraction of sp³-hybridized carbons (Fsp3) is 0.714. The van der Waals surface area contributed by atoms with Gasteiger partial charge in [-0.25, -0.2) is 0 Å². The molecule has 1 saturated carbocycles.